The highest BCUT2D eigenvalue weighted by atomic mass is 16.5. The Morgan fingerprint density at radius 2 is 2.00 bits per heavy atom. The minimum Gasteiger partial charge on any atom is -0.496 e. The molecule has 2 N–H and O–H groups in total. The predicted molar refractivity (Wildman–Crippen MR) is 96.4 cm³/mol. The summed E-state index contributed by atoms with van der Waals surface area (Å²) in [5.41, 5.74) is 3.91. The monoisotopic (exact) mass is 319 g/mol. The summed E-state index contributed by atoms with van der Waals surface area (Å²) in [5, 5.41) is 13.6. The molecule has 122 valence electrons. The normalized spacial score (nSPS) is 12.0. The van der Waals surface area contributed by atoms with E-state index < -0.39 is 0 Å². The van der Waals surface area contributed by atoms with Crippen molar-refractivity contribution in [2.45, 2.75) is 12.3 Å². The van der Waals surface area contributed by atoms with E-state index in [-0.39, 0.29) is 5.92 Å². The number of hydrogen-bond acceptors (Lipinski definition) is 3. The number of aromatic amines is 1. The summed E-state index contributed by atoms with van der Waals surface area (Å²) >= 11 is 0. The fraction of sp³-hybridized carbons (Fsp3) is 0.250. The second-order valence-corrected chi connectivity index (χ2v) is 5.78. The number of rotatable bonds is 6. The number of benzene rings is 2. The lowest BCUT2D eigenvalue weighted by atomic mass is 9.87. The van der Waals surface area contributed by atoms with E-state index >= 15 is 0 Å². The molecule has 0 aliphatic carbocycles. The first kappa shape index (κ1) is 16.1. The number of aromatic nitrogens is 1. The molecule has 3 aromatic rings. The van der Waals surface area contributed by atoms with Crippen molar-refractivity contribution in [2.24, 2.45) is 0 Å². The number of ether oxygens (including phenoxy) is 1. The quantitative estimate of drug-likeness (QED) is 0.726. The molecule has 3 rings (SSSR count). The highest BCUT2D eigenvalue weighted by Crippen LogP contribution is 2.38. The highest BCUT2D eigenvalue weighted by Gasteiger charge is 2.21. The van der Waals surface area contributed by atoms with Gasteiger partial charge in [0.15, 0.2) is 0 Å². The zero-order valence-corrected chi connectivity index (χ0v) is 14.0. The summed E-state index contributed by atoms with van der Waals surface area (Å²) in [7, 11) is 3.63. The molecule has 0 aliphatic rings. The van der Waals surface area contributed by atoms with E-state index in [1.165, 1.54) is 11.1 Å². The molecule has 0 spiro atoms. The molecule has 2 aromatic carbocycles. The first-order valence-electron chi connectivity index (χ1n) is 8.07. The van der Waals surface area contributed by atoms with Crippen molar-refractivity contribution in [3.8, 4) is 11.8 Å². The Hall–Kier alpha value is -2.77. The van der Waals surface area contributed by atoms with Crippen LogP contribution in [0.1, 0.15) is 29.0 Å². The van der Waals surface area contributed by atoms with Crippen LogP contribution in [0.5, 0.6) is 5.75 Å². The molecule has 0 bridgehead atoms. The van der Waals surface area contributed by atoms with E-state index in [9.17, 15) is 5.26 Å². The van der Waals surface area contributed by atoms with Crippen molar-refractivity contribution in [1.82, 2.24) is 10.3 Å². The maximum Gasteiger partial charge on any atom is 0.128 e. The van der Waals surface area contributed by atoms with Crippen LogP contribution < -0.4 is 10.1 Å². The van der Waals surface area contributed by atoms with Gasteiger partial charge in [0.1, 0.15) is 11.8 Å². The first-order chi connectivity index (χ1) is 11.8. The van der Waals surface area contributed by atoms with Crippen LogP contribution in [0, 0.1) is 11.3 Å². The van der Waals surface area contributed by atoms with Gasteiger partial charge >= 0.3 is 0 Å². The third kappa shape index (κ3) is 2.86. The average Bonchev–Trinajstić information content (AvgIpc) is 3.07. The zero-order valence-electron chi connectivity index (χ0n) is 14.0. The molecule has 1 atom stereocenters. The number of methoxy groups -OCH3 is 1. The Bertz CT molecular complexity index is 862. The van der Waals surface area contributed by atoms with E-state index in [0.29, 0.717) is 5.56 Å². The van der Waals surface area contributed by atoms with Gasteiger partial charge in [-0.15, -0.1) is 0 Å². The van der Waals surface area contributed by atoms with Crippen LogP contribution >= 0.6 is 0 Å². The van der Waals surface area contributed by atoms with Crippen LogP contribution in [-0.2, 0) is 0 Å². The number of nitriles is 1. The van der Waals surface area contributed by atoms with Gasteiger partial charge in [0.25, 0.3) is 0 Å². The Balaban J connectivity index is 2.19. The van der Waals surface area contributed by atoms with Crippen LogP contribution in [0.25, 0.3) is 10.9 Å². The van der Waals surface area contributed by atoms with Gasteiger partial charge in [-0.1, -0.05) is 30.3 Å². The largest absolute Gasteiger partial charge is 0.496 e. The summed E-state index contributed by atoms with van der Waals surface area (Å²) in [5.74, 6) is 1.03. The lowest BCUT2D eigenvalue weighted by Gasteiger charge is -2.18. The molecule has 1 heterocycles. The van der Waals surface area contributed by atoms with Crippen molar-refractivity contribution in [3.63, 3.8) is 0 Å². The van der Waals surface area contributed by atoms with Crippen molar-refractivity contribution in [2.75, 3.05) is 20.7 Å². The summed E-state index contributed by atoms with van der Waals surface area (Å²) in [6.07, 6.45) is 2.98. The molecule has 0 saturated carbocycles. The zero-order chi connectivity index (χ0) is 16.9. The van der Waals surface area contributed by atoms with Crippen LogP contribution in [0.15, 0.2) is 48.7 Å². The SMILES string of the molecule is CNCCC(c1ccccc1)c1c[nH]c2c(C#N)ccc(OC)c12. The molecule has 0 saturated heterocycles. The number of H-pyrrole nitrogens is 1. The maximum atomic E-state index is 9.38. The third-order valence-corrected chi connectivity index (χ3v) is 4.43. The second kappa shape index (κ2) is 7.20. The smallest absolute Gasteiger partial charge is 0.128 e. The minimum atomic E-state index is 0.232. The van der Waals surface area contributed by atoms with Crippen LogP contribution in [0.2, 0.25) is 0 Å². The minimum absolute atomic E-state index is 0.232. The lowest BCUT2D eigenvalue weighted by molar-refractivity contribution is 0.419. The maximum absolute atomic E-state index is 9.38. The molecule has 24 heavy (non-hydrogen) atoms. The number of fused-ring (bicyclic) bond motifs is 1. The van der Waals surface area contributed by atoms with Gasteiger partial charge in [-0.25, -0.2) is 0 Å². The fourth-order valence-electron chi connectivity index (χ4n) is 3.26. The Morgan fingerprint density at radius 1 is 1.21 bits per heavy atom. The summed E-state index contributed by atoms with van der Waals surface area (Å²) in [4.78, 5) is 3.29. The van der Waals surface area contributed by atoms with E-state index in [1.807, 2.05) is 25.4 Å². The topological polar surface area (TPSA) is 60.8 Å². The van der Waals surface area contributed by atoms with Crippen molar-refractivity contribution >= 4 is 10.9 Å². The standard InChI is InChI=1S/C20H21N3O/c1-22-11-10-16(14-6-4-3-5-7-14)17-13-23-20-15(12-21)8-9-18(24-2)19(17)20/h3-9,13,16,22-23H,10-11H2,1-2H3. The van der Waals surface area contributed by atoms with Gasteiger partial charge in [-0.2, -0.15) is 5.26 Å². The van der Waals surface area contributed by atoms with E-state index in [1.54, 1.807) is 13.2 Å². The molecule has 0 fully saturated rings. The number of hydrogen-bond donors (Lipinski definition) is 2. The molecule has 1 aromatic heterocycles. The van der Waals surface area contributed by atoms with Crippen LogP contribution in [0.4, 0.5) is 0 Å². The summed E-state index contributed by atoms with van der Waals surface area (Å²) in [6.45, 7) is 0.909. The molecule has 0 aliphatic heterocycles. The van der Waals surface area contributed by atoms with Gasteiger partial charge in [0, 0.05) is 17.5 Å². The van der Waals surface area contributed by atoms with Crippen LogP contribution in [-0.4, -0.2) is 25.7 Å². The number of nitrogens with zero attached hydrogens (tertiary/aromatic N) is 1. The van der Waals surface area contributed by atoms with Gasteiger partial charge in [-0.3, -0.25) is 0 Å². The van der Waals surface area contributed by atoms with E-state index in [0.717, 1.165) is 29.6 Å². The molecule has 4 heteroatoms. The van der Waals surface area contributed by atoms with Crippen molar-refractivity contribution in [1.29, 1.82) is 5.26 Å². The highest BCUT2D eigenvalue weighted by molar-refractivity contribution is 5.94. The Labute approximate surface area is 142 Å². The lowest BCUT2D eigenvalue weighted by Crippen LogP contribution is -2.13. The van der Waals surface area contributed by atoms with E-state index in [2.05, 4.69) is 40.6 Å². The van der Waals surface area contributed by atoms with E-state index in [4.69, 9.17) is 4.74 Å². The molecule has 4 nitrogen and oxygen atoms in total. The predicted octanol–water partition coefficient (Wildman–Crippen LogP) is 3.79. The number of nitrogens with one attached hydrogen (secondary N) is 2. The van der Waals surface area contributed by atoms with Gasteiger partial charge < -0.3 is 15.0 Å². The van der Waals surface area contributed by atoms with Crippen molar-refractivity contribution in [3.05, 3.63) is 65.4 Å². The van der Waals surface area contributed by atoms with Gasteiger partial charge in [0.2, 0.25) is 0 Å². The van der Waals surface area contributed by atoms with Gasteiger partial charge in [0.05, 0.1) is 18.2 Å². The molecule has 1 unspecified atom stereocenters. The summed E-state index contributed by atoms with van der Waals surface area (Å²) < 4.78 is 5.57. The molecule has 0 amide bonds. The third-order valence-electron chi connectivity index (χ3n) is 4.43. The van der Waals surface area contributed by atoms with Crippen molar-refractivity contribution < 1.29 is 4.74 Å². The van der Waals surface area contributed by atoms with Crippen LogP contribution in [0.3, 0.4) is 0 Å². The Morgan fingerprint density at radius 3 is 2.67 bits per heavy atom. The Kier molecular flexibility index (Phi) is 4.83. The summed E-state index contributed by atoms with van der Waals surface area (Å²) in [6, 6.07) is 16.4. The first-order valence-corrected chi connectivity index (χ1v) is 8.07. The molecule has 0 radical (unpaired) electrons. The average molecular weight is 319 g/mol. The van der Waals surface area contributed by atoms with Gasteiger partial charge in [-0.05, 0) is 43.3 Å². The second-order valence-electron chi connectivity index (χ2n) is 5.78. The molecular weight excluding hydrogens is 298 g/mol. The molecular formula is C20H21N3O. The fourth-order valence-corrected chi connectivity index (χ4v) is 3.26.